The maximum Gasteiger partial charge on any atom is 0.300 e. The minimum absolute atomic E-state index is 0.0491. The molecule has 0 rings (SSSR count). The zero-order valence-electron chi connectivity index (χ0n) is 20.7. The van der Waals surface area contributed by atoms with E-state index in [-0.39, 0.29) is 6.61 Å². The maximum absolute atomic E-state index is 9.00. The summed E-state index contributed by atoms with van der Waals surface area (Å²) in [6.07, 6.45) is 13.5. The summed E-state index contributed by atoms with van der Waals surface area (Å²) < 4.78 is 26.9. The molecule has 0 amide bonds. The Morgan fingerprint density at radius 3 is 1.16 bits per heavy atom. The highest BCUT2D eigenvalue weighted by molar-refractivity contribution is 5.62. The molecule has 0 aliphatic carbocycles. The van der Waals surface area contributed by atoms with Crippen molar-refractivity contribution >= 4 is 5.97 Å². The van der Waals surface area contributed by atoms with Gasteiger partial charge in [0, 0.05) is 13.5 Å². The molecule has 0 aromatic rings. The van der Waals surface area contributed by atoms with Gasteiger partial charge < -0.3 is 33.9 Å². The lowest BCUT2D eigenvalue weighted by molar-refractivity contribution is -0.134. The number of carboxylic acid groups (broad SMARTS) is 1. The van der Waals surface area contributed by atoms with E-state index in [4.69, 9.17) is 38.7 Å². The molecule has 8 nitrogen and oxygen atoms in total. The Hall–Kier alpha value is -0.770. The molecule has 32 heavy (non-hydrogen) atoms. The van der Waals surface area contributed by atoms with Gasteiger partial charge in [0.1, 0.15) is 0 Å². The highest BCUT2D eigenvalue weighted by atomic mass is 16.6. The topological polar surface area (TPSA) is 104 Å². The van der Waals surface area contributed by atoms with Crippen LogP contribution >= 0.6 is 0 Å². The number of rotatable bonds is 25. The lowest BCUT2D eigenvalue weighted by atomic mass is 10.1. The van der Waals surface area contributed by atoms with E-state index in [1.54, 1.807) is 0 Å². The average Bonchev–Trinajstić information content (AvgIpc) is 2.76. The van der Waals surface area contributed by atoms with Crippen LogP contribution in [0.1, 0.15) is 78.1 Å². The lowest BCUT2D eigenvalue weighted by Gasteiger charge is -2.08. The number of carbonyl (C=O) groups is 1. The summed E-state index contributed by atoms with van der Waals surface area (Å²) in [5.41, 5.74) is 0. The largest absolute Gasteiger partial charge is 0.481 e. The van der Waals surface area contributed by atoms with Crippen LogP contribution in [0.4, 0.5) is 0 Å². The first kappa shape index (κ1) is 33.4. The second-order valence-corrected chi connectivity index (χ2v) is 7.49. The normalized spacial score (nSPS) is 10.7. The number of carboxylic acids is 1. The van der Waals surface area contributed by atoms with Gasteiger partial charge in [-0.25, -0.2) is 0 Å². The number of aliphatic carboxylic acids is 1. The summed E-state index contributed by atoms with van der Waals surface area (Å²) in [6, 6.07) is 0. The van der Waals surface area contributed by atoms with Crippen LogP contribution in [-0.4, -0.2) is 88.9 Å². The Balaban J connectivity index is 0. The third-order valence-electron chi connectivity index (χ3n) is 4.37. The number of ether oxygens (including phenoxy) is 5. The monoisotopic (exact) mass is 466 g/mol. The molecule has 194 valence electrons. The van der Waals surface area contributed by atoms with Crippen molar-refractivity contribution in [3.63, 3.8) is 0 Å². The molecule has 0 spiro atoms. The zero-order chi connectivity index (χ0) is 24.0. The van der Waals surface area contributed by atoms with E-state index in [1.807, 2.05) is 0 Å². The highest BCUT2D eigenvalue weighted by Gasteiger charge is 1.95. The van der Waals surface area contributed by atoms with E-state index < -0.39 is 5.97 Å². The molecule has 0 fully saturated rings. The molecule has 2 N–H and O–H groups in total. The zero-order valence-corrected chi connectivity index (χ0v) is 20.7. The molecule has 0 unspecified atom stereocenters. The molecule has 0 aliphatic heterocycles. The Morgan fingerprint density at radius 2 is 0.812 bits per heavy atom. The molecule has 0 atom stereocenters. The fraction of sp³-hybridized carbons (Fsp3) is 0.958. The SMILES string of the molecule is CC(=O)O.CCCCCCCCCCCCOCCOCCOCCOCCOCCO. The van der Waals surface area contributed by atoms with Crippen LogP contribution in [0.2, 0.25) is 0 Å². The van der Waals surface area contributed by atoms with Gasteiger partial charge in [-0.2, -0.15) is 0 Å². The van der Waals surface area contributed by atoms with Crippen molar-refractivity contribution in [2.75, 3.05) is 72.7 Å². The fourth-order valence-electron chi connectivity index (χ4n) is 2.74. The van der Waals surface area contributed by atoms with E-state index in [0.717, 1.165) is 20.0 Å². The second kappa shape index (κ2) is 32.4. The van der Waals surface area contributed by atoms with Crippen molar-refractivity contribution in [1.29, 1.82) is 0 Å². The van der Waals surface area contributed by atoms with E-state index in [2.05, 4.69) is 6.92 Å². The molecular weight excluding hydrogens is 416 g/mol. The van der Waals surface area contributed by atoms with Crippen LogP contribution in [0.5, 0.6) is 0 Å². The molecule has 0 aromatic heterocycles. The summed E-state index contributed by atoms with van der Waals surface area (Å²) >= 11 is 0. The number of aliphatic hydroxyl groups is 1. The van der Waals surface area contributed by atoms with Crippen molar-refractivity contribution < 1.29 is 38.7 Å². The minimum atomic E-state index is -0.833. The molecule has 0 saturated carbocycles. The first-order chi connectivity index (χ1) is 15.6. The van der Waals surface area contributed by atoms with Gasteiger partial charge in [-0.3, -0.25) is 4.79 Å². The van der Waals surface area contributed by atoms with Gasteiger partial charge in [-0.05, 0) is 6.42 Å². The number of unbranched alkanes of at least 4 members (excludes halogenated alkanes) is 9. The van der Waals surface area contributed by atoms with Crippen LogP contribution < -0.4 is 0 Å². The first-order valence-corrected chi connectivity index (χ1v) is 12.3. The average molecular weight is 467 g/mol. The lowest BCUT2D eigenvalue weighted by Crippen LogP contribution is -2.13. The molecule has 8 heteroatoms. The van der Waals surface area contributed by atoms with Crippen LogP contribution in [0, 0.1) is 0 Å². The van der Waals surface area contributed by atoms with E-state index in [1.165, 1.54) is 57.8 Å². The molecule has 0 heterocycles. The predicted octanol–water partition coefficient (Wildman–Crippen LogP) is 4.07. The molecule has 0 aliphatic rings. The van der Waals surface area contributed by atoms with Crippen LogP contribution in [0.15, 0.2) is 0 Å². The third kappa shape index (κ3) is 39.7. The van der Waals surface area contributed by atoms with Crippen molar-refractivity contribution in [2.24, 2.45) is 0 Å². The van der Waals surface area contributed by atoms with Gasteiger partial charge >= 0.3 is 0 Å². The second-order valence-electron chi connectivity index (χ2n) is 7.49. The standard InChI is InChI=1S/C22H46O6.C2H4O2/c1-2-3-4-5-6-7-8-9-10-11-13-24-15-17-26-19-21-28-22-20-27-18-16-25-14-12-23;1-2(3)4/h23H,2-22H2,1H3;1H3,(H,3,4). The smallest absolute Gasteiger partial charge is 0.300 e. The molecule has 0 bridgehead atoms. The summed E-state index contributed by atoms with van der Waals surface area (Å²) in [4.78, 5) is 9.00. The molecule has 0 aromatic carbocycles. The van der Waals surface area contributed by atoms with Gasteiger partial charge in [0.25, 0.3) is 5.97 Å². The highest BCUT2D eigenvalue weighted by Crippen LogP contribution is 2.10. The third-order valence-corrected chi connectivity index (χ3v) is 4.37. The van der Waals surface area contributed by atoms with Gasteiger partial charge in [0.2, 0.25) is 0 Å². The van der Waals surface area contributed by atoms with Crippen molar-refractivity contribution in [3.8, 4) is 0 Å². The molecule has 0 saturated heterocycles. The predicted molar refractivity (Wildman–Crippen MR) is 126 cm³/mol. The van der Waals surface area contributed by atoms with E-state index in [0.29, 0.717) is 59.5 Å². The number of hydrogen-bond donors (Lipinski definition) is 2. The van der Waals surface area contributed by atoms with Crippen LogP contribution in [0.25, 0.3) is 0 Å². The minimum Gasteiger partial charge on any atom is -0.481 e. The molecule has 0 radical (unpaired) electrons. The number of hydrogen-bond acceptors (Lipinski definition) is 7. The Bertz CT molecular complexity index is 312. The molecular formula is C24H50O8. The Labute approximate surface area is 195 Å². The summed E-state index contributed by atoms with van der Waals surface area (Å²) in [5, 5.41) is 16.0. The van der Waals surface area contributed by atoms with Crippen LogP contribution in [0.3, 0.4) is 0 Å². The first-order valence-electron chi connectivity index (χ1n) is 12.3. The van der Waals surface area contributed by atoms with E-state index in [9.17, 15) is 0 Å². The summed E-state index contributed by atoms with van der Waals surface area (Å²) in [5.74, 6) is -0.833. The van der Waals surface area contributed by atoms with Crippen molar-refractivity contribution in [3.05, 3.63) is 0 Å². The van der Waals surface area contributed by atoms with Gasteiger partial charge in [0.15, 0.2) is 0 Å². The Morgan fingerprint density at radius 1 is 0.531 bits per heavy atom. The summed E-state index contributed by atoms with van der Waals surface area (Å²) in [6.45, 7) is 9.17. The summed E-state index contributed by atoms with van der Waals surface area (Å²) in [7, 11) is 0. The maximum atomic E-state index is 9.00. The van der Waals surface area contributed by atoms with Gasteiger partial charge in [-0.1, -0.05) is 64.7 Å². The van der Waals surface area contributed by atoms with Crippen molar-refractivity contribution in [1.82, 2.24) is 0 Å². The van der Waals surface area contributed by atoms with E-state index >= 15 is 0 Å². The van der Waals surface area contributed by atoms with Crippen LogP contribution in [-0.2, 0) is 28.5 Å². The quantitative estimate of drug-likeness (QED) is 0.194. The van der Waals surface area contributed by atoms with Gasteiger partial charge in [-0.15, -0.1) is 0 Å². The van der Waals surface area contributed by atoms with Gasteiger partial charge in [0.05, 0.1) is 66.1 Å². The number of aliphatic hydroxyl groups excluding tert-OH is 1. The van der Waals surface area contributed by atoms with Crippen molar-refractivity contribution in [2.45, 2.75) is 78.1 Å². The Kier molecular flexibility index (Phi) is 33.8. The fourth-order valence-corrected chi connectivity index (χ4v) is 2.74.